The molecule has 1 aliphatic rings. The van der Waals surface area contributed by atoms with Gasteiger partial charge in [0.25, 0.3) is 0 Å². The molecule has 0 aromatic heterocycles. The summed E-state index contributed by atoms with van der Waals surface area (Å²) in [6.07, 6.45) is 2.35. The van der Waals surface area contributed by atoms with Crippen LogP contribution in [-0.2, 0) is 11.3 Å². The van der Waals surface area contributed by atoms with Crippen molar-refractivity contribution in [2.75, 3.05) is 7.05 Å². The summed E-state index contributed by atoms with van der Waals surface area (Å²) in [6, 6.07) is 6.44. The molecule has 0 aliphatic heterocycles. The van der Waals surface area contributed by atoms with Gasteiger partial charge < -0.3 is 10.6 Å². The van der Waals surface area contributed by atoms with Gasteiger partial charge >= 0.3 is 0 Å². The van der Waals surface area contributed by atoms with Gasteiger partial charge in [0.1, 0.15) is 5.82 Å². The number of halogens is 1. The van der Waals surface area contributed by atoms with Crippen LogP contribution in [0.5, 0.6) is 0 Å². The molecule has 19 heavy (non-hydrogen) atoms. The van der Waals surface area contributed by atoms with Crippen LogP contribution in [0.1, 0.15) is 24.8 Å². The Morgan fingerprint density at radius 1 is 1.47 bits per heavy atom. The quantitative estimate of drug-likeness (QED) is 0.860. The summed E-state index contributed by atoms with van der Waals surface area (Å²) in [5.41, 5.74) is 5.50. The van der Waals surface area contributed by atoms with Crippen LogP contribution in [0.15, 0.2) is 24.3 Å². The number of hydrogen-bond acceptors (Lipinski definition) is 2. The van der Waals surface area contributed by atoms with Crippen LogP contribution in [-0.4, -0.2) is 22.8 Å². The lowest BCUT2D eigenvalue weighted by Gasteiger charge is -2.41. The number of amides is 1. The molecule has 1 saturated carbocycles. The molecule has 0 radical (unpaired) electrons. The Kier molecular flexibility index (Phi) is 3.85. The van der Waals surface area contributed by atoms with Crippen molar-refractivity contribution < 1.29 is 9.18 Å². The maximum absolute atomic E-state index is 13.6. The van der Waals surface area contributed by atoms with E-state index in [4.69, 9.17) is 18.0 Å². The fourth-order valence-electron chi connectivity index (χ4n) is 2.42. The van der Waals surface area contributed by atoms with Gasteiger partial charge in [0.05, 0.1) is 10.4 Å². The summed E-state index contributed by atoms with van der Waals surface area (Å²) in [5, 5.41) is 0. The summed E-state index contributed by atoms with van der Waals surface area (Å²) in [7, 11) is 1.66. The lowest BCUT2D eigenvalue weighted by atomic mass is 9.67. The molecule has 0 unspecified atom stereocenters. The van der Waals surface area contributed by atoms with Crippen LogP contribution < -0.4 is 5.73 Å². The number of nitrogens with two attached hydrogens (primary N) is 1. The van der Waals surface area contributed by atoms with Crippen molar-refractivity contribution in [3.05, 3.63) is 35.6 Å². The van der Waals surface area contributed by atoms with Crippen LogP contribution in [0.25, 0.3) is 0 Å². The first-order valence-electron chi connectivity index (χ1n) is 6.26. The Morgan fingerprint density at radius 2 is 2.11 bits per heavy atom. The number of nitrogens with zero attached hydrogens (tertiary/aromatic N) is 1. The van der Waals surface area contributed by atoms with Crippen molar-refractivity contribution >= 4 is 23.1 Å². The van der Waals surface area contributed by atoms with Crippen LogP contribution >= 0.6 is 12.2 Å². The van der Waals surface area contributed by atoms with E-state index in [2.05, 4.69) is 0 Å². The van der Waals surface area contributed by atoms with Gasteiger partial charge in [-0.05, 0) is 18.9 Å². The second-order valence-electron chi connectivity index (χ2n) is 5.05. The topological polar surface area (TPSA) is 46.3 Å². The van der Waals surface area contributed by atoms with Crippen LogP contribution in [0.4, 0.5) is 4.39 Å². The largest absolute Gasteiger partial charge is 0.392 e. The minimum atomic E-state index is -0.699. The molecular weight excluding hydrogens is 263 g/mol. The number of carbonyl (C=O) groups is 1. The minimum Gasteiger partial charge on any atom is -0.392 e. The van der Waals surface area contributed by atoms with Crippen molar-refractivity contribution in [1.82, 2.24) is 4.90 Å². The van der Waals surface area contributed by atoms with E-state index >= 15 is 0 Å². The molecule has 0 bridgehead atoms. The van der Waals surface area contributed by atoms with Crippen molar-refractivity contribution in [2.45, 2.75) is 25.8 Å². The van der Waals surface area contributed by atoms with Crippen molar-refractivity contribution in [2.24, 2.45) is 11.1 Å². The average Bonchev–Trinajstić information content (AvgIpc) is 2.30. The number of hydrogen-bond donors (Lipinski definition) is 1. The average molecular weight is 280 g/mol. The Hall–Kier alpha value is -1.49. The third kappa shape index (κ3) is 2.47. The molecule has 1 fully saturated rings. The van der Waals surface area contributed by atoms with Gasteiger partial charge in [-0.3, -0.25) is 4.79 Å². The highest BCUT2D eigenvalue weighted by molar-refractivity contribution is 7.80. The molecule has 0 spiro atoms. The number of rotatable bonds is 4. The fraction of sp³-hybridized carbons (Fsp3) is 0.429. The van der Waals surface area contributed by atoms with Crippen molar-refractivity contribution in [3.63, 3.8) is 0 Å². The number of carbonyl (C=O) groups excluding carboxylic acids is 1. The van der Waals surface area contributed by atoms with E-state index < -0.39 is 5.41 Å². The summed E-state index contributed by atoms with van der Waals surface area (Å²) in [6.45, 7) is 0.232. The minimum absolute atomic E-state index is 0.102. The second kappa shape index (κ2) is 5.25. The molecule has 1 amide bonds. The highest BCUT2D eigenvalue weighted by Crippen LogP contribution is 2.42. The van der Waals surface area contributed by atoms with E-state index in [1.165, 1.54) is 11.0 Å². The first-order chi connectivity index (χ1) is 8.97. The van der Waals surface area contributed by atoms with Gasteiger partial charge in [0.15, 0.2) is 0 Å². The number of benzene rings is 1. The Balaban J connectivity index is 2.12. The van der Waals surface area contributed by atoms with Gasteiger partial charge in [-0.1, -0.05) is 36.8 Å². The molecule has 2 rings (SSSR count). The zero-order valence-electron chi connectivity index (χ0n) is 10.9. The maximum atomic E-state index is 13.6. The van der Waals surface area contributed by atoms with Crippen LogP contribution in [0, 0.1) is 11.2 Å². The Labute approximate surface area is 117 Å². The summed E-state index contributed by atoms with van der Waals surface area (Å²) in [4.78, 5) is 14.2. The van der Waals surface area contributed by atoms with Crippen molar-refractivity contribution in [3.8, 4) is 0 Å². The van der Waals surface area contributed by atoms with Gasteiger partial charge in [-0.2, -0.15) is 0 Å². The summed E-state index contributed by atoms with van der Waals surface area (Å²) >= 11 is 5.02. The van der Waals surface area contributed by atoms with Crippen LogP contribution in [0.3, 0.4) is 0 Å². The van der Waals surface area contributed by atoms with Crippen LogP contribution in [0.2, 0.25) is 0 Å². The maximum Gasteiger partial charge on any atom is 0.235 e. The molecule has 5 heteroatoms. The van der Waals surface area contributed by atoms with E-state index in [-0.39, 0.29) is 23.3 Å². The number of thiocarbonyl (C=S) groups is 1. The smallest absolute Gasteiger partial charge is 0.235 e. The molecule has 102 valence electrons. The zero-order chi connectivity index (χ0) is 14.0. The monoisotopic (exact) mass is 280 g/mol. The highest BCUT2D eigenvalue weighted by atomic mass is 32.1. The van der Waals surface area contributed by atoms with E-state index in [1.807, 2.05) is 0 Å². The lowest BCUT2D eigenvalue weighted by molar-refractivity contribution is -0.141. The van der Waals surface area contributed by atoms with Gasteiger partial charge in [0, 0.05) is 19.2 Å². The predicted octanol–water partition coefficient (Wildman–Crippen LogP) is 2.24. The third-order valence-corrected chi connectivity index (χ3v) is 4.19. The van der Waals surface area contributed by atoms with E-state index in [0.29, 0.717) is 18.4 Å². The first-order valence-corrected chi connectivity index (χ1v) is 6.67. The Morgan fingerprint density at radius 3 is 2.58 bits per heavy atom. The van der Waals surface area contributed by atoms with E-state index in [9.17, 15) is 9.18 Å². The Bertz CT molecular complexity index is 514. The fourth-order valence-corrected chi connectivity index (χ4v) is 2.71. The molecule has 1 aliphatic carbocycles. The molecule has 2 N–H and O–H groups in total. The highest BCUT2D eigenvalue weighted by Gasteiger charge is 2.48. The van der Waals surface area contributed by atoms with Gasteiger partial charge in [0.2, 0.25) is 5.91 Å². The molecule has 3 nitrogen and oxygen atoms in total. The molecule has 1 aromatic rings. The van der Waals surface area contributed by atoms with Gasteiger partial charge in [-0.25, -0.2) is 4.39 Å². The summed E-state index contributed by atoms with van der Waals surface area (Å²) < 4.78 is 13.6. The lowest BCUT2D eigenvalue weighted by Crippen LogP contribution is -2.53. The molecule has 0 heterocycles. The second-order valence-corrected chi connectivity index (χ2v) is 5.49. The molecule has 1 aromatic carbocycles. The molecule has 0 saturated heterocycles. The standard InChI is InChI=1S/C14H17FN2OS/c1-17(9-10-5-2-3-6-11(10)15)13(18)14(12(16)19)7-4-8-14/h2-3,5-6H,4,7-9H2,1H3,(H2,16,19). The normalized spacial score (nSPS) is 16.5. The van der Waals surface area contributed by atoms with E-state index in [0.717, 1.165) is 6.42 Å². The SMILES string of the molecule is CN(Cc1ccccc1F)C(=O)C1(C(N)=S)CCC1. The molecular formula is C14H17FN2OS. The van der Waals surface area contributed by atoms with Crippen molar-refractivity contribution in [1.29, 1.82) is 0 Å². The predicted molar refractivity (Wildman–Crippen MR) is 75.9 cm³/mol. The third-order valence-electron chi connectivity index (χ3n) is 3.80. The van der Waals surface area contributed by atoms with Gasteiger partial charge in [-0.15, -0.1) is 0 Å². The zero-order valence-corrected chi connectivity index (χ0v) is 11.7. The molecule has 0 atom stereocenters. The first kappa shape index (κ1) is 13.9. The summed E-state index contributed by atoms with van der Waals surface area (Å²) in [5.74, 6) is -0.408. The van der Waals surface area contributed by atoms with E-state index in [1.54, 1.807) is 25.2 Å².